The Labute approximate surface area is 69.9 Å². The molecule has 0 saturated heterocycles. The van der Waals surface area contributed by atoms with Gasteiger partial charge in [-0.25, -0.2) is 4.79 Å². The average Bonchev–Trinajstić information content (AvgIpc) is 2.03. The molecule has 0 fully saturated rings. The van der Waals surface area contributed by atoms with E-state index in [0.717, 1.165) is 5.69 Å². The second-order valence-electron chi connectivity index (χ2n) is 2.79. The molecule has 0 saturated carbocycles. The molecule has 4 heteroatoms. The monoisotopic (exact) mass is 163 g/mol. The Morgan fingerprint density at radius 2 is 2.33 bits per heavy atom. The number of aromatic amines is 1. The highest BCUT2D eigenvalue weighted by Gasteiger charge is 2.02. The van der Waals surface area contributed by atoms with Gasteiger partial charge in [0.05, 0.1) is 0 Å². The fourth-order valence-corrected chi connectivity index (χ4v) is 0.845. The van der Waals surface area contributed by atoms with Crippen LogP contribution in [0.3, 0.4) is 0 Å². The van der Waals surface area contributed by atoms with E-state index in [-0.39, 0.29) is 11.6 Å². The molecule has 0 spiro atoms. The van der Waals surface area contributed by atoms with Crippen molar-refractivity contribution in [3.8, 4) is 6.07 Å². The van der Waals surface area contributed by atoms with Crippen molar-refractivity contribution in [2.45, 2.75) is 19.8 Å². The fourth-order valence-electron chi connectivity index (χ4n) is 0.845. The Hall–Kier alpha value is -1.63. The van der Waals surface area contributed by atoms with Crippen LogP contribution in [0.5, 0.6) is 0 Å². The maximum atomic E-state index is 10.9. The quantitative estimate of drug-likeness (QED) is 0.664. The fraction of sp³-hybridized carbons (Fsp3) is 0.375. The van der Waals surface area contributed by atoms with Crippen LogP contribution in [0.1, 0.15) is 31.2 Å². The summed E-state index contributed by atoms with van der Waals surface area (Å²) in [4.78, 5) is 16.9. The summed E-state index contributed by atoms with van der Waals surface area (Å²) in [5.74, 6) is 0.202. The van der Waals surface area contributed by atoms with Crippen molar-refractivity contribution in [2.24, 2.45) is 0 Å². The Morgan fingerprint density at radius 1 is 1.67 bits per heavy atom. The summed E-state index contributed by atoms with van der Waals surface area (Å²) in [6, 6.07) is 3.42. The van der Waals surface area contributed by atoms with Crippen molar-refractivity contribution in [3.63, 3.8) is 0 Å². The van der Waals surface area contributed by atoms with Gasteiger partial charge in [0.25, 0.3) is 0 Å². The van der Waals surface area contributed by atoms with E-state index >= 15 is 0 Å². The molecule has 0 aliphatic rings. The number of H-pyrrole nitrogens is 1. The summed E-state index contributed by atoms with van der Waals surface area (Å²) < 4.78 is 0. The lowest BCUT2D eigenvalue weighted by Gasteiger charge is -2.02. The van der Waals surface area contributed by atoms with Crippen molar-refractivity contribution in [3.05, 3.63) is 27.9 Å². The molecule has 0 bridgehead atoms. The van der Waals surface area contributed by atoms with Crippen LogP contribution in [0.4, 0.5) is 0 Å². The molecule has 0 unspecified atom stereocenters. The molecule has 0 atom stereocenters. The molecule has 1 aromatic rings. The molecule has 1 N–H and O–H groups in total. The van der Waals surface area contributed by atoms with Crippen LogP contribution in [0.15, 0.2) is 10.9 Å². The maximum absolute atomic E-state index is 10.9. The molecule has 4 nitrogen and oxygen atoms in total. The first-order chi connectivity index (χ1) is 5.63. The minimum atomic E-state index is -0.460. The Bertz CT molecular complexity index is 373. The highest BCUT2D eigenvalue weighted by molar-refractivity contribution is 5.22. The van der Waals surface area contributed by atoms with Crippen LogP contribution in [-0.2, 0) is 0 Å². The Kier molecular flexibility index (Phi) is 2.24. The second kappa shape index (κ2) is 3.18. The van der Waals surface area contributed by atoms with E-state index in [9.17, 15) is 4.79 Å². The van der Waals surface area contributed by atoms with Crippen molar-refractivity contribution in [1.82, 2.24) is 9.97 Å². The normalized spacial score (nSPS) is 9.83. The van der Waals surface area contributed by atoms with Crippen molar-refractivity contribution >= 4 is 0 Å². The van der Waals surface area contributed by atoms with Crippen LogP contribution < -0.4 is 5.69 Å². The van der Waals surface area contributed by atoms with Gasteiger partial charge in [-0.15, -0.1) is 0 Å². The van der Waals surface area contributed by atoms with Crippen molar-refractivity contribution in [2.75, 3.05) is 0 Å². The number of aromatic nitrogens is 2. The molecule has 12 heavy (non-hydrogen) atoms. The van der Waals surface area contributed by atoms with Gasteiger partial charge in [0.15, 0.2) is 0 Å². The van der Waals surface area contributed by atoms with Gasteiger partial charge in [0, 0.05) is 5.69 Å². The van der Waals surface area contributed by atoms with E-state index in [1.54, 1.807) is 6.07 Å². The second-order valence-corrected chi connectivity index (χ2v) is 2.79. The lowest BCUT2D eigenvalue weighted by Crippen LogP contribution is -2.14. The van der Waals surface area contributed by atoms with Gasteiger partial charge >= 0.3 is 5.69 Å². The van der Waals surface area contributed by atoms with E-state index < -0.39 is 5.69 Å². The first-order valence-electron chi connectivity index (χ1n) is 3.65. The number of nitriles is 1. The number of nitrogens with one attached hydrogen (secondary N) is 1. The third-order valence-electron chi connectivity index (χ3n) is 1.50. The molecule has 1 heterocycles. The van der Waals surface area contributed by atoms with E-state index in [4.69, 9.17) is 5.26 Å². The van der Waals surface area contributed by atoms with Crippen molar-refractivity contribution in [1.29, 1.82) is 5.26 Å². The van der Waals surface area contributed by atoms with Gasteiger partial charge in [-0.3, -0.25) is 0 Å². The van der Waals surface area contributed by atoms with Gasteiger partial charge in [0.1, 0.15) is 11.8 Å². The van der Waals surface area contributed by atoms with Gasteiger partial charge < -0.3 is 4.98 Å². The zero-order chi connectivity index (χ0) is 9.14. The molecule has 0 radical (unpaired) electrons. The molecule has 1 rings (SSSR count). The SMILES string of the molecule is CC(C)c1cc(C#N)nc(=O)[nH]1. The lowest BCUT2D eigenvalue weighted by molar-refractivity contribution is 0.799. The summed E-state index contributed by atoms with van der Waals surface area (Å²) in [6.07, 6.45) is 0. The predicted molar refractivity (Wildman–Crippen MR) is 43.7 cm³/mol. The molecule has 1 aromatic heterocycles. The topological polar surface area (TPSA) is 69.5 Å². The first kappa shape index (κ1) is 8.47. The number of rotatable bonds is 1. The summed E-state index contributed by atoms with van der Waals surface area (Å²) in [7, 11) is 0. The van der Waals surface area contributed by atoms with E-state index in [1.165, 1.54) is 0 Å². The van der Waals surface area contributed by atoms with Crippen LogP contribution in [0, 0.1) is 11.3 Å². The molecule has 62 valence electrons. The molecule has 0 aliphatic carbocycles. The Balaban J connectivity index is 3.27. The zero-order valence-electron chi connectivity index (χ0n) is 6.96. The summed E-state index contributed by atoms with van der Waals surface area (Å²) in [5.41, 5.74) is 0.451. The van der Waals surface area contributed by atoms with Crippen LogP contribution >= 0.6 is 0 Å². The minimum absolute atomic E-state index is 0.169. The standard InChI is InChI=1S/C8H9N3O/c1-5(2)7-3-6(4-9)10-8(12)11-7/h3,5H,1-2H3,(H,10,11,12). The van der Waals surface area contributed by atoms with E-state index in [0.29, 0.717) is 0 Å². The maximum Gasteiger partial charge on any atom is 0.346 e. The third kappa shape index (κ3) is 1.70. The first-order valence-corrected chi connectivity index (χ1v) is 3.65. The van der Waals surface area contributed by atoms with Gasteiger partial charge in [-0.05, 0) is 12.0 Å². The summed E-state index contributed by atoms with van der Waals surface area (Å²) in [5, 5.41) is 8.50. The molecular weight excluding hydrogens is 154 g/mol. The number of hydrogen-bond donors (Lipinski definition) is 1. The summed E-state index contributed by atoms with van der Waals surface area (Å²) >= 11 is 0. The molecule has 0 amide bonds. The van der Waals surface area contributed by atoms with E-state index in [1.807, 2.05) is 19.9 Å². The molecular formula is C8H9N3O. The van der Waals surface area contributed by atoms with Gasteiger partial charge in [-0.2, -0.15) is 10.2 Å². The zero-order valence-corrected chi connectivity index (χ0v) is 6.96. The van der Waals surface area contributed by atoms with E-state index in [2.05, 4.69) is 9.97 Å². The average molecular weight is 163 g/mol. The largest absolute Gasteiger partial charge is 0.346 e. The smallest absolute Gasteiger partial charge is 0.309 e. The van der Waals surface area contributed by atoms with Crippen LogP contribution in [0.2, 0.25) is 0 Å². The van der Waals surface area contributed by atoms with Crippen LogP contribution in [-0.4, -0.2) is 9.97 Å². The number of hydrogen-bond acceptors (Lipinski definition) is 3. The van der Waals surface area contributed by atoms with Gasteiger partial charge in [-0.1, -0.05) is 13.8 Å². The highest BCUT2D eigenvalue weighted by atomic mass is 16.1. The molecule has 0 aliphatic heterocycles. The minimum Gasteiger partial charge on any atom is -0.309 e. The molecule has 0 aromatic carbocycles. The third-order valence-corrected chi connectivity index (χ3v) is 1.50. The van der Waals surface area contributed by atoms with Crippen LogP contribution in [0.25, 0.3) is 0 Å². The Morgan fingerprint density at radius 3 is 2.83 bits per heavy atom. The highest BCUT2D eigenvalue weighted by Crippen LogP contribution is 2.08. The lowest BCUT2D eigenvalue weighted by atomic mass is 10.1. The summed E-state index contributed by atoms with van der Waals surface area (Å²) in [6.45, 7) is 3.87. The van der Waals surface area contributed by atoms with Gasteiger partial charge in [0.2, 0.25) is 0 Å². The predicted octanol–water partition coefficient (Wildman–Crippen LogP) is 0.765. The van der Waals surface area contributed by atoms with Crippen molar-refractivity contribution < 1.29 is 0 Å². The number of nitrogens with zero attached hydrogens (tertiary/aromatic N) is 2.